The van der Waals surface area contributed by atoms with E-state index in [1.807, 2.05) is 0 Å². The SMILES string of the molecule is C=C[C@]1(C)CC[C@@H](C(C)CN2CCN(CCOC(=O)CCCC(=O)OCC#CCOc3[nH]o[n+](=O)c3S(=O)(=O)c3ccccc3)CC2)C[C@H]1C(=C)CCl. The summed E-state index contributed by atoms with van der Waals surface area (Å²) in [6, 6.07) is 7.35. The summed E-state index contributed by atoms with van der Waals surface area (Å²) in [5.74, 6) is 5.94. The molecule has 1 aliphatic carbocycles. The lowest BCUT2D eigenvalue weighted by Crippen LogP contribution is -2.49. The fraction of sp³-hybridized carbons (Fsp3) is 0.579. The summed E-state index contributed by atoms with van der Waals surface area (Å²) in [5, 5.41) is 1.37. The highest BCUT2D eigenvalue weighted by Crippen LogP contribution is 2.49. The molecule has 2 aromatic rings. The molecule has 4 atom stereocenters. The molecule has 2 heterocycles. The van der Waals surface area contributed by atoms with Gasteiger partial charge in [0.05, 0.1) is 4.90 Å². The molecule has 15 heteroatoms. The second-order valence-corrected chi connectivity index (χ2v) is 16.1. The van der Waals surface area contributed by atoms with Crippen LogP contribution in [-0.2, 0) is 28.9 Å². The molecule has 1 saturated heterocycles. The molecule has 0 amide bonds. The Bertz CT molecular complexity index is 1780. The number of carbonyl (C=O) groups excluding carboxylic acids is 2. The lowest BCUT2D eigenvalue weighted by atomic mass is 9.60. The zero-order valence-corrected chi connectivity index (χ0v) is 32.3. The highest BCUT2D eigenvalue weighted by atomic mass is 35.5. The fourth-order valence-corrected chi connectivity index (χ4v) is 8.51. The third-order valence-electron chi connectivity index (χ3n) is 10.4. The van der Waals surface area contributed by atoms with Crippen molar-refractivity contribution >= 4 is 33.4 Å². The van der Waals surface area contributed by atoms with Gasteiger partial charge in [-0.2, -0.15) is 0 Å². The summed E-state index contributed by atoms with van der Waals surface area (Å²) >= 11 is 6.20. The van der Waals surface area contributed by atoms with Gasteiger partial charge in [0.2, 0.25) is 4.60 Å². The van der Waals surface area contributed by atoms with Crippen molar-refractivity contribution in [3.63, 3.8) is 0 Å². The van der Waals surface area contributed by atoms with Crippen LogP contribution in [0.5, 0.6) is 5.88 Å². The molecular weight excluding hydrogens is 724 g/mol. The number of nitrogens with one attached hydrogen (secondary N) is 1. The summed E-state index contributed by atoms with van der Waals surface area (Å²) in [5.41, 5.74) is 1.19. The fourth-order valence-electron chi connectivity index (χ4n) is 7.01. The number of aromatic amines is 1. The average Bonchev–Trinajstić information content (AvgIpc) is 3.54. The molecule has 2 fully saturated rings. The number of hydrogen-bond acceptors (Lipinski definition) is 11. The Morgan fingerprint density at radius 2 is 1.77 bits per heavy atom. The van der Waals surface area contributed by atoms with Crippen LogP contribution in [0.2, 0.25) is 0 Å². The Hall–Kier alpha value is -3.90. The van der Waals surface area contributed by atoms with E-state index in [0.29, 0.717) is 36.8 Å². The summed E-state index contributed by atoms with van der Waals surface area (Å²) in [6.45, 7) is 18.4. The molecule has 1 unspecified atom stereocenters. The summed E-state index contributed by atoms with van der Waals surface area (Å²) in [6.07, 6.45) is 5.93. The molecule has 1 aromatic carbocycles. The van der Waals surface area contributed by atoms with Crippen LogP contribution in [0, 0.1) is 39.9 Å². The first-order valence-corrected chi connectivity index (χ1v) is 20.1. The smallest absolute Gasteiger partial charge is 0.404 e. The number of rotatable bonds is 18. The van der Waals surface area contributed by atoms with E-state index in [-0.39, 0.29) is 53.4 Å². The first-order chi connectivity index (χ1) is 25.4. The van der Waals surface area contributed by atoms with Crippen molar-refractivity contribution in [3.05, 3.63) is 60.0 Å². The van der Waals surface area contributed by atoms with Crippen molar-refractivity contribution in [2.45, 2.75) is 62.3 Å². The molecule has 0 bridgehead atoms. The predicted octanol–water partition coefficient (Wildman–Crippen LogP) is 4.65. The minimum atomic E-state index is -4.22. The quantitative estimate of drug-likeness (QED) is 0.0975. The largest absolute Gasteiger partial charge is 0.464 e. The van der Waals surface area contributed by atoms with E-state index in [1.54, 1.807) is 6.07 Å². The highest BCUT2D eigenvalue weighted by molar-refractivity contribution is 7.91. The number of H-pyrrole nitrogens is 1. The summed E-state index contributed by atoms with van der Waals surface area (Å²) in [4.78, 5) is 41.0. The number of halogens is 1. The van der Waals surface area contributed by atoms with Gasteiger partial charge in [-0.05, 0) is 71.0 Å². The van der Waals surface area contributed by atoms with Gasteiger partial charge in [-0.3, -0.25) is 14.5 Å². The van der Waals surface area contributed by atoms with Crippen LogP contribution >= 0.6 is 11.6 Å². The number of nitrogens with zero attached hydrogens (tertiary/aromatic N) is 3. The van der Waals surface area contributed by atoms with Crippen LogP contribution < -0.4 is 9.34 Å². The van der Waals surface area contributed by atoms with E-state index in [4.69, 9.17) is 25.8 Å². The lowest BCUT2D eigenvalue weighted by Gasteiger charge is -2.46. The van der Waals surface area contributed by atoms with Gasteiger partial charge in [-0.1, -0.05) is 66.7 Å². The standard InChI is InChI=1S/C38H52ClN4O9S/c1-5-38(4)17-16-31(26-33(38)29(2)27-39)30(3)28-42-20-18-41(19-21-42)22-25-50-35(45)15-11-14-34(44)49-23-9-10-24-51-36-37(43(46)52-40-36)53(47,48)32-12-7-6-8-13-32/h5-8,12-13,30-31,33,40H,1-2,11,14-28H2,3-4H3/q+1/t30?,31-,33+,38-/m1/s1. The van der Waals surface area contributed by atoms with Gasteiger partial charge in [0.1, 0.15) is 6.61 Å². The second kappa shape index (κ2) is 20.0. The van der Waals surface area contributed by atoms with Crippen molar-refractivity contribution in [2.24, 2.45) is 23.2 Å². The Morgan fingerprint density at radius 3 is 2.45 bits per heavy atom. The van der Waals surface area contributed by atoms with E-state index in [1.165, 1.54) is 30.7 Å². The van der Waals surface area contributed by atoms with Crippen LogP contribution in [0.4, 0.5) is 0 Å². The predicted molar refractivity (Wildman–Crippen MR) is 198 cm³/mol. The normalized spacial score (nSPS) is 21.5. The van der Waals surface area contributed by atoms with Crippen molar-refractivity contribution in [1.82, 2.24) is 15.0 Å². The molecule has 2 aliphatic rings. The van der Waals surface area contributed by atoms with Crippen LogP contribution in [0.3, 0.4) is 0 Å². The molecule has 1 aliphatic heterocycles. The monoisotopic (exact) mass is 775 g/mol. The molecule has 1 N–H and O–H groups in total. The van der Waals surface area contributed by atoms with Crippen LogP contribution in [0.15, 0.2) is 69.7 Å². The maximum absolute atomic E-state index is 12.8. The van der Waals surface area contributed by atoms with E-state index < -0.39 is 26.7 Å². The van der Waals surface area contributed by atoms with Gasteiger partial charge < -0.3 is 19.1 Å². The number of sulfone groups is 1. The third-order valence-corrected chi connectivity index (χ3v) is 12.5. The first-order valence-electron chi connectivity index (χ1n) is 18.0. The molecule has 53 heavy (non-hydrogen) atoms. The zero-order chi connectivity index (χ0) is 38.4. The number of ether oxygens (including phenoxy) is 3. The Kier molecular flexibility index (Phi) is 15.8. The maximum atomic E-state index is 12.8. The minimum Gasteiger partial charge on any atom is -0.464 e. The van der Waals surface area contributed by atoms with Gasteiger partial charge in [-0.25, -0.2) is 8.42 Å². The molecule has 1 saturated carbocycles. The Morgan fingerprint density at radius 1 is 1.11 bits per heavy atom. The zero-order valence-electron chi connectivity index (χ0n) is 30.7. The van der Waals surface area contributed by atoms with Crippen molar-refractivity contribution < 1.29 is 41.4 Å². The van der Waals surface area contributed by atoms with Gasteiger partial charge in [0.25, 0.3) is 9.84 Å². The molecule has 4 rings (SSSR count). The number of benzene rings is 1. The van der Waals surface area contributed by atoms with Crippen LogP contribution in [-0.4, -0.2) is 100 Å². The lowest BCUT2D eigenvalue weighted by molar-refractivity contribution is -0.744. The molecule has 290 valence electrons. The number of esters is 2. The number of carbonyl (C=O) groups is 2. The number of aromatic nitrogens is 2. The Balaban J connectivity index is 1.04. The molecule has 0 spiro atoms. The highest BCUT2D eigenvalue weighted by Gasteiger charge is 2.41. The number of allylic oxidation sites excluding steroid dienone is 2. The molecule has 13 nitrogen and oxygen atoms in total. The topological polar surface area (TPSA) is 154 Å². The number of hydrogen-bond donors (Lipinski definition) is 1. The van der Waals surface area contributed by atoms with E-state index in [9.17, 15) is 22.9 Å². The third kappa shape index (κ3) is 11.8. The van der Waals surface area contributed by atoms with E-state index >= 15 is 0 Å². The number of alkyl halides is 1. The second-order valence-electron chi connectivity index (χ2n) is 14.0. The van der Waals surface area contributed by atoms with E-state index in [2.05, 4.69) is 64.5 Å². The molecule has 0 radical (unpaired) electrons. The average molecular weight is 776 g/mol. The first kappa shape index (κ1) is 41.9. The Labute approximate surface area is 317 Å². The maximum Gasteiger partial charge on any atom is 0.404 e. The van der Waals surface area contributed by atoms with Gasteiger partial charge in [0, 0.05) is 58.0 Å². The van der Waals surface area contributed by atoms with Crippen molar-refractivity contribution in [3.8, 4) is 17.7 Å². The molecular formula is C38H52ClN4O9S+. The summed E-state index contributed by atoms with van der Waals surface area (Å²) < 4.78 is 45.7. The van der Waals surface area contributed by atoms with Gasteiger partial charge >= 0.3 is 22.8 Å². The summed E-state index contributed by atoms with van der Waals surface area (Å²) in [7, 11) is -4.22. The van der Waals surface area contributed by atoms with E-state index in [0.717, 1.165) is 51.1 Å². The number of piperazine rings is 1. The molecule has 1 aromatic heterocycles. The van der Waals surface area contributed by atoms with Gasteiger partial charge in [0.15, 0.2) is 13.2 Å². The minimum absolute atomic E-state index is 0.0262. The van der Waals surface area contributed by atoms with Crippen molar-refractivity contribution in [1.29, 1.82) is 0 Å². The van der Waals surface area contributed by atoms with Crippen LogP contribution in [0.1, 0.15) is 52.4 Å². The van der Waals surface area contributed by atoms with Crippen molar-refractivity contribution in [2.75, 3.05) is 65.0 Å². The van der Waals surface area contributed by atoms with Gasteiger partial charge in [-0.15, -0.1) is 18.2 Å². The van der Waals surface area contributed by atoms with Crippen LogP contribution in [0.25, 0.3) is 0 Å².